The maximum absolute atomic E-state index is 11.2. The highest BCUT2D eigenvalue weighted by Gasteiger charge is 2.27. The molecule has 15 heavy (non-hydrogen) atoms. The second kappa shape index (κ2) is 3.94. The summed E-state index contributed by atoms with van der Waals surface area (Å²) >= 11 is 0. The van der Waals surface area contributed by atoms with Crippen LogP contribution in [-0.2, 0) is 23.4 Å². The predicted molar refractivity (Wildman–Crippen MR) is 57.1 cm³/mol. The lowest BCUT2D eigenvalue weighted by Crippen LogP contribution is -2.29. The Balaban J connectivity index is 1.85. The molecule has 1 aliphatic heterocycles. The lowest BCUT2D eigenvalue weighted by molar-refractivity contribution is 0.554. The summed E-state index contributed by atoms with van der Waals surface area (Å²) in [6.45, 7) is 0.689. The zero-order valence-corrected chi connectivity index (χ0v) is 9.50. The first-order valence-electron chi connectivity index (χ1n) is 4.96. The molecule has 1 N–H and O–H groups in total. The smallest absolute Gasteiger partial charge is 0.151 e. The van der Waals surface area contributed by atoms with E-state index in [0.717, 1.165) is 12.0 Å². The molecule has 5 nitrogen and oxygen atoms in total. The maximum Gasteiger partial charge on any atom is 0.151 e. The van der Waals surface area contributed by atoms with Crippen molar-refractivity contribution < 1.29 is 8.42 Å². The Morgan fingerprint density at radius 1 is 1.67 bits per heavy atom. The van der Waals surface area contributed by atoms with Crippen LogP contribution in [0.25, 0.3) is 0 Å². The van der Waals surface area contributed by atoms with Crippen molar-refractivity contribution in [2.45, 2.75) is 19.0 Å². The van der Waals surface area contributed by atoms with Gasteiger partial charge in [-0.25, -0.2) is 8.42 Å². The summed E-state index contributed by atoms with van der Waals surface area (Å²) in [6, 6.07) is 0.107. The monoisotopic (exact) mass is 229 g/mol. The summed E-state index contributed by atoms with van der Waals surface area (Å²) < 4.78 is 24.1. The number of sulfone groups is 1. The molecule has 2 heterocycles. The van der Waals surface area contributed by atoms with Crippen molar-refractivity contribution >= 4 is 9.84 Å². The molecule has 0 spiro atoms. The first kappa shape index (κ1) is 10.6. The molecule has 1 aliphatic rings. The van der Waals surface area contributed by atoms with Gasteiger partial charge in [0.2, 0.25) is 0 Å². The zero-order chi connectivity index (χ0) is 10.9. The molecule has 1 aromatic rings. The van der Waals surface area contributed by atoms with Crippen molar-refractivity contribution in [3.63, 3.8) is 0 Å². The molecule has 0 aliphatic carbocycles. The number of nitrogens with one attached hydrogen (secondary N) is 1. The molecule has 2 rings (SSSR count). The SMILES string of the molecule is Cn1cc(CNC2CCS(=O)(=O)C2)cn1. The van der Waals surface area contributed by atoms with E-state index in [1.807, 2.05) is 13.2 Å². The number of hydrogen-bond donors (Lipinski definition) is 1. The van der Waals surface area contributed by atoms with E-state index in [1.54, 1.807) is 10.9 Å². The van der Waals surface area contributed by atoms with E-state index in [-0.39, 0.29) is 11.8 Å². The summed E-state index contributed by atoms with van der Waals surface area (Å²) in [5, 5.41) is 7.28. The number of nitrogens with zero attached hydrogens (tertiary/aromatic N) is 2. The number of aromatic nitrogens is 2. The van der Waals surface area contributed by atoms with Crippen molar-refractivity contribution in [3.05, 3.63) is 18.0 Å². The molecule has 1 atom stereocenters. The highest BCUT2D eigenvalue weighted by Crippen LogP contribution is 2.11. The first-order valence-corrected chi connectivity index (χ1v) is 6.79. The molecule has 1 aromatic heterocycles. The zero-order valence-electron chi connectivity index (χ0n) is 8.68. The largest absolute Gasteiger partial charge is 0.309 e. The van der Waals surface area contributed by atoms with Crippen LogP contribution in [0.4, 0.5) is 0 Å². The van der Waals surface area contributed by atoms with Crippen LogP contribution in [0.15, 0.2) is 12.4 Å². The highest BCUT2D eigenvalue weighted by molar-refractivity contribution is 7.91. The van der Waals surface area contributed by atoms with E-state index in [1.165, 1.54) is 0 Å². The number of aryl methyl sites for hydroxylation is 1. The molecule has 6 heteroatoms. The fraction of sp³-hybridized carbons (Fsp3) is 0.667. The van der Waals surface area contributed by atoms with Gasteiger partial charge in [0.25, 0.3) is 0 Å². The molecule has 0 amide bonds. The van der Waals surface area contributed by atoms with Gasteiger partial charge in [0, 0.05) is 31.4 Å². The van der Waals surface area contributed by atoms with E-state index in [9.17, 15) is 8.42 Å². The third-order valence-electron chi connectivity index (χ3n) is 2.59. The quantitative estimate of drug-likeness (QED) is 0.772. The molecule has 0 bridgehead atoms. The summed E-state index contributed by atoms with van der Waals surface area (Å²) in [5.74, 6) is 0.588. The molecule has 0 aromatic carbocycles. The Morgan fingerprint density at radius 2 is 2.47 bits per heavy atom. The van der Waals surface area contributed by atoms with Gasteiger partial charge in [-0.15, -0.1) is 0 Å². The normalized spacial score (nSPS) is 24.5. The van der Waals surface area contributed by atoms with Crippen molar-refractivity contribution in [2.75, 3.05) is 11.5 Å². The van der Waals surface area contributed by atoms with E-state index in [2.05, 4.69) is 10.4 Å². The topological polar surface area (TPSA) is 64.0 Å². The Morgan fingerprint density at radius 3 is 3.00 bits per heavy atom. The minimum absolute atomic E-state index is 0.107. The van der Waals surface area contributed by atoms with Gasteiger partial charge in [0.15, 0.2) is 9.84 Å². The van der Waals surface area contributed by atoms with Crippen molar-refractivity contribution in [3.8, 4) is 0 Å². The van der Waals surface area contributed by atoms with Gasteiger partial charge in [-0.3, -0.25) is 4.68 Å². The molecule has 0 saturated carbocycles. The molecule has 0 radical (unpaired) electrons. The molecule has 84 valence electrons. The van der Waals surface area contributed by atoms with Crippen LogP contribution in [0.3, 0.4) is 0 Å². The number of rotatable bonds is 3. The second-order valence-corrected chi connectivity index (χ2v) is 6.23. The van der Waals surface area contributed by atoms with Crippen molar-refractivity contribution in [2.24, 2.45) is 7.05 Å². The van der Waals surface area contributed by atoms with Crippen molar-refractivity contribution in [1.82, 2.24) is 15.1 Å². The molecular formula is C9H15N3O2S. The molecule has 1 fully saturated rings. The fourth-order valence-electron chi connectivity index (χ4n) is 1.78. The van der Waals surface area contributed by atoms with Crippen LogP contribution in [0.1, 0.15) is 12.0 Å². The van der Waals surface area contributed by atoms with Gasteiger partial charge in [-0.2, -0.15) is 5.10 Å². The average Bonchev–Trinajstić information content (AvgIpc) is 2.69. The van der Waals surface area contributed by atoms with Crippen LogP contribution in [0.5, 0.6) is 0 Å². The Hall–Kier alpha value is -0.880. The minimum Gasteiger partial charge on any atom is -0.309 e. The van der Waals surface area contributed by atoms with E-state index >= 15 is 0 Å². The summed E-state index contributed by atoms with van der Waals surface area (Å²) in [6.07, 6.45) is 4.44. The summed E-state index contributed by atoms with van der Waals surface area (Å²) in [5.41, 5.74) is 1.08. The van der Waals surface area contributed by atoms with Crippen LogP contribution in [0, 0.1) is 0 Å². The molecule has 1 unspecified atom stereocenters. The van der Waals surface area contributed by atoms with Gasteiger partial charge in [0.1, 0.15) is 0 Å². The predicted octanol–water partition coefficient (Wildman–Crippen LogP) is -0.303. The van der Waals surface area contributed by atoms with Crippen molar-refractivity contribution in [1.29, 1.82) is 0 Å². The van der Waals surface area contributed by atoms with Gasteiger partial charge in [-0.1, -0.05) is 0 Å². The van der Waals surface area contributed by atoms with Crippen LogP contribution >= 0.6 is 0 Å². The van der Waals surface area contributed by atoms with Gasteiger partial charge in [-0.05, 0) is 6.42 Å². The standard InChI is InChI=1S/C9H15N3O2S/c1-12-6-8(5-11-12)4-10-9-2-3-15(13,14)7-9/h5-6,9-10H,2-4,7H2,1H3. The van der Waals surface area contributed by atoms with E-state index < -0.39 is 9.84 Å². The van der Waals surface area contributed by atoms with Gasteiger partial charge >= 0.3 is 0 Å². The Kier molecular flexibility index (Phi) is 2.79. The van der Waals surface area contributed by atoms with Crippen LogP contribution < -0.4 is 5.32 Å². The van der Waals surface area contributed by atoms with Crippen LogP contribution in [0.2, 0.25) is 0 Å². The van der Waals surface area contributed by atoms with Crippen LogP contribution in [-0.4, -0.2) is 35.7 Å². The minimum atomic E-state index is -2.78. The van der Waals surface area contributed by atoms with Gasteiger partial charge < -0.3 is 5.32 Å². The van der Waals surface area contributed by atoms with Gasteiger partial charge in [0.05, 0.1) is 17.7 Å². The maximum atomic E-state index is 11.2. The second-order valence-electron chi connectivity index (χ2n) is 4.00. The molecule has 1 saturated heterocycles. The Bertz CT molecular complexity index is 438. The lowest BCUT2D eigenvalue weighted by Gasteiger charge is -2.08. The third kappa shape index (κ3) is 2.79. The highest BCUT2D eigenvalue weighted by atomic mass is 32.2. The fourth-order valence-corrected chi connectivity index (χ4v) is 3.49. The van der Waals surface area contributed by atoms with E-state index in [0.29, 0.717) is 12.3 Å². The average molecular weight is 229 g/mol. The third-order valence-corrected chi connectivity index (χ3v) is 4.35. The molecular weight excluding hydrogens is 214 g/mol. The lowest BCUT2D eigenvalue weighted by atomic mass is 10.2. The number of hydrogen-bond acceptors (Lipinski definition) is 4. The summed E-state index contributed by atoms with van der Waals surface area (Å²) in [7, 11) is -0.913. The summed E-state index contributed by atoms with van der Waals surface area (Å²) in [4.78, 5) is 0. The Labute approximate surface area is 89.4 Å². The first-order chi connectivity index (χ1) is 7.05. The van der Waals surface area contributed by atoms with E-state index in [4.69, 9.17) is 0 Å².